The molecule has 1 unspecified atom stereocenters. The van der Waals surface area contributed by atoms with E-state index in [1.807, 2.05) is 0 Å². The van der Waals surface area contributed by atoms with Gasteiger partial charge in [-0.05, 0) is 24.7 Å². The van der Waals surface area contributed by atoms with Crippen molar-refractivity contribution >= 4 is 5.78 Å². The summed E-state index contributed by atoms with van der Waals surface area (Å²) in [7, 11) is 0. The molecule has 0 bridgehead atoms. The number of hydrogen-bond donors (Lipinski definition) is 0. The first-order valence-corrected chi connectivity index (χ1v) is 4.55. The van der Waals surface area contributed by atoms with Crippen LogP contribution in [0.2, 0.25) is 0 Å². The third kappa shape index (κ3) is 2.32. The normalized spacial score (nSPS) is 23.6. The molecule has 1 aliphatic carbocycles. The molecule has 11 heavy (non-hydrogen) atoms. The average Bonchev–Trinajstić information content (AvgIpc) is 2.05. The lowest BCUT2D eigenvalue weighted by Crippen LogP contribution is -2.19. The highest BCUT2D eigenvalue weighted by atomic mass is 16.1. The zero-order chi connectivity index (χ0) is 8.27. The van der Waals surface area contributed by atoms with E-state index in [9.17, 15) is 4.79 Å². The number of hydrogen-bond acceptors (Lipinski definition) is 1. The van der Waals surface area contributed by atoms with Crippen molar-refractivity contribution in [3.05, 3.63) is 6.92 Å². The molecule has 0 aliphatic heterocycles. The van der Waals surface area contributed by atoms with Crippen LogP contribution in [0.25, 0.3) is 0 Å². The monoisotopic (exact) mass is 153 g/mol. The van der Waals surface area contributed by atoms with Gasteiger partial charge in [-0.2, -0.15) is 0 Å². The largest absolute Gasteiger partial charge is 0.300 e. The third-order valence-electron chi connectivity index (χ3n) is 2.85. The first-order chi connectivity index (χ1) is 5.24. The third-order valence-corrected chi connectivity index (χ3v) is 2.85. The predicted octanol–water partition coefficient (Wildman–Crippen LogP) is 2.61. The lowest BCUT2D eigenvalue weighted by Gasteiger charge is -2.25. The van der Waals surface area contributed by atoms with Crippen molar-refractivity contribution in [2.75, 3.05) is 0 Å². The van der Waals surface area contributed by atoms with Gasteiger partial charge >= 0.3 is 0 Å². The summed E-state index contributed by atoms with van der Waals surface area (Å²) in [6.45, 7) is 6.14. The lowest BCUT2D eigenvalue weighted by molar-refractivity contribution is -0.121. The Bertz CT molecular complexity index is 130. The summed E-state index contributed by atoms with van der Waals surface area (Å²) in [5.41, 5.74) is 0. The van der Waals surface area contributed by atoms with E-state index < -0.39 is 0 Å². The molecule has 0 N–H and O–H groups in total. The standard InChI is InChI=1S/C10H17O/c1-3-8(2)9-4-6-10(11)7-5-9/h8-9H,1,3-7H2,2H3. The van der Waals surface area contributed by atoms with Gasteiger partial charge in [-0.1, -0.05) is 20.3 Å². The summed E-state index contributed by atoms with van der Waals surface area (Å²) in [6.07, 6.45) is 4.86. The van der Waals surface area contributed by atoms with Gasteiger partial charge < -0.3 is 0 Å². The summed E-state index contributed by atoms with van der Waals surface area (Å²) in [5, 5.41) is 0. The van der Waals surface area contributed by atoms with Crippen LogP contribution in [0.1, 0.15) is 39.0 Å². The fourth-order valence-corrected chi connectivity index (χ4v) is 1.77. The summed E-state index contributed by atoms with van der Waals surface area (Å²) in [4.78, 5) is 10.9. The molecule has 0 aromatic carbocycles. The molecule has 0 saturated heterocycles. The van der Waals surface area contributed by atoms with Crippen LogP contribution in [-0.4, -0.2) is 5.78 Å². The molecule has 1 aliphatic rings. The van der Waals surface area contributed by atoms with Crippen molar-refractivity contribution in [3.8, 4) is 0 Å². The molecule has 0 heterocycles. The topological polar surface area (TPSA) is 17.1 Å². The van der Waals surface area contributed by atoms with Gasteiger partial charge in [0.25, 0.3) is 0 Å². The number of carbonyl (C=O) groups is 1. The second-order valence-electron chi connectivity index (χ2n) is 3.64. The Labute approximate surface area is 69.2 Å². The van der Waals surface area contributed by atoms with Gasteiger partial charge in [0.2, 0.25) is 0 Å². The fourth-order valence-electron chi connectivity index (χ4n) is 1.77. The van der Waals surface area contributed by atoms with Gasteiger partial charge in [0.1, 0.15) is 5.78 Å². The summed E-state index contributed by atoms with van der Waals surface area (Å²) >= 11 is 0. The van der Waals surface area contributed by atoms with Crippen LogP contribution in [0.3, 0.4) is 0 Å². The molecular weight excluding hydrogens is 136 g/mol. The van der Waals surface area contributed by atoms with Gasteiger partial charge in [0, 0.05) is 12.8 Å². The van der Waals surface area contributed by atoms with Crippen LogP contribution < -0.4 is 0 Å². The quantitative estimate of drug-likeness (QED) is 0.596. The van der Waals surface area contributed by atoms with E-state index >= 15 is 0 Å². The van der Waals surface area contributed by atoms with Crippen molar-refractivity contribution in [2.45, 2.75) is 39.0 Å². The summed E-state index contributed by atoms with van der Waals surface area (Å²) in [6, 6.07) is 0. The number of Topliss-reactive ketones (excluding diaryl/α,β-unsaturated/α-hetero) is 1. The first kappa shape index (κ1) is 8.76. The van der Waals surface area contributed by atoms with Gasteiger partial charge in [-0.25, -0.2) is 0 Å². The second-order valence-corrected chi connectivity index (χ2v) is 3.64. The highest BCUT2D eigenvalue weighted by Crippen LogP contribution is 2.29. The lowest BCUT2D eigenvalue weighted by atomic mass is 9.79. The SMILES string of the molecule is [CH2]CC(C)C1CCC(=O)CC1. The Morgan fingerprint density at radius 2 is 2.09 bits per heavy atom. The van der Waals surface area contributed by atoms with E-state index in [0.717, 1.165) is 38.0 Å². The molecule has 0 aromatic heterocycles. The molecule has 0 amide bonds. The summed E-state index contributed by atoms with van der Waals surface area (Å²) < 4.78 is 0. The van der Waals surface area contributed by atoms with E-state index in [1.165, 1.54) is 0 Å². The van der Waals surface area contributed by atoms with Crippen LogP contribution >= 0.6 is 0 Å². The molecule has 1 fully saturated rings. The maximum Gasteiger partial charge on any atom is 0.132 e. The molecule has 1 atom stereocenters. The highest BCUT2D eigenvalue weighted by molar-refractivity contribution is 5.79. The van der Waals surface area contributed by atoms with Crippen LogP contribution in [0.5, 0.6) is 0 Å². The van der Waals surface area contributed by atoms with Crippen molar-refractivity contribution in [1.29, 1.82) is 0 Å². The number of ketones is 1. The van der Waals surface area contributed by atoms with E-state index in [2.05, 4.69) is 13.8 Å². The minimum Gasteiger partial charge on any atom is -0.300 e. The Morgan fingerprint density at radius 3 is 2.55 bits per heavy atom. The number of carbonyl (C=O) groups excluding carboxylic acids is 1. The van der Waals surface area contributed by atoms with Gasteiger partial charge in [-0.3, -0.25) is 4.79 Å². The molecule has 0 spiro atoms. The van der Waals surface area contributed by atoms with Crippen LogP contribution in [0.15, 0.2) is 0 Å². The van der Waals surface area contributed by atoms with Crippen LogP contribution in [0, 0.1) is 18.8 Å². The minimum absolute atomic E-state index is 0.456. The minimum atomic E-state index is 0.456. The molecule has 1 radical (unpaired) electrons. The van der Waals surface area contributed by atoms with E-state index in [-0.39, 0.29) is 0 Å². The second kappa shape index (κ2) is 3.89. The molecule has 0 aromatic rings. The van der Waals surface area contributed by atoms with Gasteiger partial charge in [0.15, 0.2) is 0 Å². The van der Waals surface area contributed by atoms with Crippen LogP contribution in [-0.2, 0) is 4.79 Å². The Morgan fingerprint density at radius 1 is 1.55 bits per heavy atom. The molecule has 1 rings (SSSR count). The van der Waals surface area contributed by atoms with Crippen molar-refractivity contribution in [3.63, 3.8) is 0 Å². The van der Waals surface area contributed by atoms with Crippen molar-refractivity contribution < 1.29 is 4.79 Å². The molecular formula is C10H17O. The Hall–Kier alpha value is -0.330. The van der Waals surface area contributed by atoms with Crippen LogP contribution in [0.4, 0.5) is 0 Å². The maximum atomic E-state index is 10.9. The van der Waals surface area contributed by atoms with Crippen molar-refractivity contribution in [2.24, 2.45) is 11.8 Å². The van der Waals surface area contributed by atoms with E-state index in [1.54, 1.807) is 0 Å². The van der Waals surface area contributed by atoms with E-state index in [4.69, 9.17) is 0 Å². The first-order valence-electron chi connectivity index (χ1n) is 4.55. The highest BCUT2D eigenvalue weighted by Gasteiger charge is 2.22. The molecule has 1 heteroatoms. The molecule has 63 valence electrons. The van der Waals surface area contributed by atoms with E-state index in [0.29, 0.717) is 11.7 Å². The smallest absolute Gasteiger partial charge is 0.132 e. The predicted molar refractivity (Wildman–Crippen MR) is 46.1 cm³/mol. The maximum absolute atomic E-state index is 10.9. The molecule has 1 saturated carbocycles. The Kier molecular flexibility index (Phi) is 3.10. The Balaban J connectivity index is 2.32. The zero-order valence-electron chi connectivity index (χ0n) is 7.31. The molecule has 1 nitrogen and oxygen atoms in total. The average molecular weight is 153 g/mol. The fraction of sp³-hybridized carbons (Fsp3) is 0.800. The van der Waals surface area contributed by atoms with Crippen molar-refractivity contribution in [1.82, 2.24) is 0 Å². The van der Waals surface area contributed by atoms with Gasteiger partial charge in [0.05, 0.1) is 0 Å². The summed E-state index contributed by atoms with van der Waals surface area (Å²) in [5.74, 6) is 1.94. The zero-order valence-corrected chi connectivity index (χ0v) is 7.31. The number of rotatable bonds is 2. The van der Waals surface area contributed by atoms with Gasteiger partial charge in [-0.15, -0.1) is 0 Å².